The van der Waals surface area contributed by atoms with E-state index in [9.17, 15) is 0 Å². The molecular formula is C17H23N3S. The zero-order valence-electron chi connectivity index (χ0n) is 13.2. The van der Waals surface area contributed by atoms with Crippen LogP contribution in [-0.2, 0) is 5.75 Å². The van der Waals surface area contributed by atoms with Crippen LogP contribution in [0.3, 0.4) is 0 Å². The van der Waals surface area contributed by atoms with Gasteiger partial charge < -0.3 is 5.32 Å². The molecule has 2 rings (SSSR count). The molecule has 1 heterocycles. The molecule has 0 amide bonds. The van der Waals surface area contributed by atoms with Crippen molar-refractivity contribution in [1.29, 1.82) is 0 Å². The molecule has 0 radical (unpaired) electrons. The lowest BCUT2D eigenvalue weighted by Gasteiger charge is -2.08. The van der Waals surface area contributed by atoms with Crippen LogP contribution in [0.5, 0.6) is 0 Å². The zero-order chi connectivity index (χ0) is 15.2. The van der Waals surface area contributed by atoms with Gasteiger partial charge in [-0.3, -0.25) is 0 Å². The van der Waals surface area contributed by atoms with Gasteiger partial charge >= 0.3 is 0 Å². The number of anilines is 1. The van der Waals surface area contributed by atoms with Gasteiger partial charge in [0.25, 0.3) is 0 Å². The first-order valence-electron chi connectivity index (χ1n) is 7.39. The quantitative estimate of drug-likeness (QED) is 0.789. The van der Waals surface area contributed by atoms with Gasteiger partial charge in [0, 0.05) is 23.2 Å². The molecule has 0 saturated heterocycles. The topological polar surface area (TPSA) is 37.8 Å². The van der Waals surface area contributed by atoms with Crippen LogP contribution in [0, 0.1) is 6.92 Å². The molecular weight excluding hydrogens is 278 g/mol. The van der Waals surface area contributed by atoms with E-state index in [0.29, 0.717) is 5.92 Å². The highest BCUT2D eigenvalue weighted by molar-refractivity contribution is 7.98. The third-order valence-corrected chi connectivity index (χ3v) is 4.18. The summed E-state index contributed by atoms with van der Waals surface area (Å²) in [5.41, 5.74) is 2.38. The molecule has 1 aromatic heterocycles. The fourth-order valence-corrected chi connectivity index (χ4v) is 2.82. The van der Waals surface area contributed by atoms with Crippen molar-refractivity contribution in [2.75, 3.05) is 11.9 Å². The van der Waals surface area contributed by atoms with E-state index < -0.39 is 0 Å². The maximum atomic E-state index is 4.54. The van der Waals surface area contributed by atoms with E-state index in [1.165, 1.54) is 10.5 Å². The van der Waals surface area contributed by atoms with Crippen LogP contribution in [0.15, 0.2) is 35.2 Å². The van der Waals surface area contributed by atoms with E-state index in [-0.39, 0.29) is 0 Å². The predicted molar refractivity (Wildman–Crippen MR) is 91.0 cm³/mol. The predicted octanol–water partition coefficient (Wildman–Crippen LogP) is 4.63. The summed E-state index contributed by atoms with van der Waals surface area (Å²) >= 11 is 1.78. The number of aryl methyl sites for hydroxylation is 1. The van der Waals surface area contributed by atoms with Crippen LogP contribution < -0.4 is 5.32 Å². The molecule has 112 valence electrons. The minimum atomic E-state index is 0.576. The Balaban J connectivity index is 2.02. The van der Waals surface area contributed by atoms with E-state index in [0.717, 1.165) is 29.6 Å². The van der Waals surface area contributed by atoms with Crippen molar-refractivity contribution in [3.8, 4) is 0 Å². The van der Waals surface area contributed by atoms with Crippen LogP contribution in [0.4, 0.5) is 5.82 Å². The van der Waals surface area contributed by atoms with Crippen molar-refractivity contribution in [1.82, 2.24) is 9.97 Å². The van der Waals surface area contributed by atoms with Gasteiger partial charge in [-0.2, -0.15) is 0 Å². The van der Waals surface area contributed by atoms with Crippen molar-refractivity contribution in [2.24, 2.45) is 0 Å². The van der Waals surface area contributed by atoms with E-state index in [1.54, 1.807) is 11.8 Å². The SMILES string of the molecule is CCNc1cc(C)nc(CSc2ccc(C(C)C)cc2)n1. The zero-order valence-corrected chi connectivity index (χ0v) is 14.0. The smallest absolute Gasteiger partial charge is 0.141 e. The molecule has 4 heteroatoms. The minimum absolute atomic E-state index is 0.576. The first-order valence-corrected chi connectivity index (χ1v) is 8.38. The fourth-order valence-electron chi connectivity index (χ4n) is 2.06. The standard InChI is InChI=1S/C17H23N3S/c1-5-18-16-10-13(4)19-17(20-16)11-21-15-8-6-14(7-9-15)12(2)3/h6-10,12H,5,11H2,1-4H3,(H,18,19,20). The van der Waals surface area contributed by atoms with Gasteiger partial charge in [0.05, 0.1) is 5.75 Å². The summed E-state index contributed by atoms with van der Waals surface area (Å²) in [5, 5.41) is 3.25. The summed E-state index contributed by atoms with van der Waals surface area (Å²) in [6, 6.07) is 10.7. The van der Waals surface area contributed by atoms with Gasteiger partial charge in [-0.05, 0) is 37.5 Å². The Kier molecular flexibility index (Phi) is 5.62. The Morgan fingerprint density at radius 3 is 2.48 bits per heavy atom. The van der Waals surface area contributed by atoms with Gasteiger partial charge in [0.1, 0.15) is 11.6 Å². The number of rotatable bonds is 6. The van der Waals surface area contributed by atoms with Crippen molar-refractivity contribution in [2.45, 2.75) is 44.3 Å². The van der Waals surface area contributed by atoms with E-state index in [1.807, 2.05) is 13.0 Å². The number of aromatic nitrogens is 2. The molecule has 21 heavy (non-hydrogen) atoms. The summed E-state index contributed by atoms with van der Waals surface area (Å²) < 4.78 is 0. The molecule has 0 fully saturated rings. The lowest BCUT2D eigenvalue weighted by Crippen LogP contribution is -2.04. The second-order valence-electron chi connectivity index (χ2n) is 5.35. The molecule has 3 nitrogen and oxygen atoms in total. The summed E-state index contributed by atoms with van der Waals surface area (Å²) in [6.07, 6.45) is 0. The summed E-state index contributed by atoms with van der Waals surface area (Å²) in [6.45, 7) is 9.38. The average Bonchev–Trinajstić information content (AvgIpc) is 2.45. The molecule has 0 spiro atoms. The normalized spacial score (nSPS) is 10.9. The number of hydrogen-bond acceptors (Lipinski definition) is 4. The maximum Gasteiger partial charge on any atom is 0.141 e. The molecule has 0 saturated carbocycles. The van der Waals surface area contributed by atoms with Crippen LogP contribution >= 0.6 is 11.8 Å². The van der Waals surface area contributed by atoms with E-state index in [2.05, 4.69) is 60.3 Å². The Bertz CT molecular complexity index is 579. The van der Waals surface area contributed by atoms with Gasteiger partial charge in [-0.1, -0.05) is 26.0 Å². The summed E-state index contributed by atoms with van der Waals surface area (Å²) in [4.78, 5) is 10.3. The molecule has 0 aliphatic heterocycles. The Labute approximate surface area is 131 Å². The molecule has 1 aromatic carbocycles. The van der Waals surface area contributed by atoms with Crippen LogP contribution in [-0.4, -0.2) is 16.5 Å². The van der Waals surface area contributed by atoms with Crippen LogP contribution in [0.2, 0.25) is 0 Å². The van der Waals surface area contributed by atoms with Gasteiger partial charge in [-0.25, -0.2) is 9.97 Å². The molecule has 0 atom stereocenters. The Morgan fingerprint density at radius 1 is 1.14 bits per heavy atom. The summed E-state index contributed by atoms with van der Waals surface area (Å²) in [7, 11) is 0. The number of benzene rings is 1. The number of hydrogen-bond donors (Lipinski definition) is 1. The third kappa shape index (κ3) is 4.74. The monoisotopic (exact) mass is 301 g/mol. The highest BCUT2D eigenvalue weighted by Gasteiger charge is 2.04. The molecule has 0 unspecified atom stereocenters. The van der Waals surface area contributed by atoms with Crippen molar-refractivity contribution >= 4 is 17.6 Å². The maximum absolute atomic E-state index is 4.54. The highest BCUT2D eigenvalue weighted by atomic mass is 32.2. The second-order valence-corrected chi connectivity index (χ2v) is 6.40. The van der Waals surface area contributed by atoms with Gasteiger partial charge in [0.2, 0.25) is 0 Å². The number of nitrogens with zero attached hydrogens (tertiary/aromatic N) is 2. The first-order chi connectivity index (χ1) is 10.1. The second kappa shape index (κ2) is 7.46. The lowest BCUT2D eigenvalue weighted by molar-refractivity contribution is 0.865. The van der Waals surface area contributed by atoms with E-state index >= 15 is 0 Å². The largest absolute Gasteiger partial charge is 0.370 e. The lowest BCUT2D eigenvalue weighted by atomic mass is 10.0. The fraction of sp³-hybridized carbons (Fsp3) is 0.412. The molecule has 0 aliphatic carbocycles. The van der Waals surface area contributed by atoms with Crippen molar-refractivity contribution < 1.29 is 0 Å². The van der Waals surface area contributed by atoms with Crippen molar-refractivity contribution in [3.05, 3.63) is 47.4 Å². The Hall–Kier alpha value is -1.55. The highest BCUT2D eigenvalue weighted by Crippen LogP contribution is 2.24. The number of thioether (sulfide) groups is 1. The molecule has 1 N–H and O–H groups in total. The van der Waals surface area contributed by atoms with Crippen molar-refractivity contribution in [3.63, 3.8) is 0 Å². The summed E-state index contributed by atoms with van der Waals surface area (Å²) in [5.74, 6) is 3.16. The Morgan fingerprint density at radius 2 is 1.86 bits per heavy atom. The first kappa shape index (κ1) is 15.8. The average molecular weight is 301 g/mol. The van der Waals surface area contributed by atoms with E-state index in [4.69, 9.17) is 0 Å². The number of nitrogens with one attached hydrogen (secondary N) is 1. The van der Waals surface area contributed by atoms with Crippen LogP contribution in [0.1, 0.15) is 43.8 Å². The third-order valence-electron chi connectivity index (χ3n) is 3.17. The molecule has 2 aromatic rings. The van der Waals surface area contributed by atoms with Gasteiger partial charge in [-0.15, -0.1) is 11.8 Å². The molecule has 0 bridgehead atoms. The minimum Gasteiger partial charge on any atom is -0.370 e. The van der Waals surface area contributed by atoms with Gasteiger partial charge in [0.15, 0.2) is 0 Å². The van der Waals surface area contributed by atoms with Crippen LogP contribution in [0.25, 0.3) is 0 Å². The molecule has 0 aliphatic rings.